The summed E-state index contributed by atoms with van der Waals surface area (Å²) in [5.74, 6) is 1.16. The van der Waals surface area contributed by atoms with Gasteiger partial charge in [0.15, 0.2) is 0 Å². The van der Waals surface area contributed by atoms with Crippen molar-refractivity contribution in [3.8, 4) is 0 Å². The van der Waals surface area contributed by atoms with Crippen LogP contribution in [0.4, 0.5) is 0 Å². The number of aliphatic hydroxyl groups is 1. The summed E-state index contributed by atoms with van der Waals surface area (Å²) in [7, 11) is 0. The number of aliphatic hydroxyl groups excluding tert-OH is 1. The largest absolute Gasteiger partial charge is 0.392 e. The molecule has 2 aliphatic carbocycles. The molecule has 0 radical (unpaired) electrons. The van der Waals surface area contributed by atoms with Gasteiger partial charge in [-0.2, -0.15) is 0 Å². The highest BCUT2D eigenvalue weighted by Gasteiger charge is 2.56. The average molecular weight is 258 g/mol. The van der Waals surface area contributed by atoms with Crippen LogP contribution in [0.25, 0.3) is 0 Å². The summed E-state index contributed by atoms with van der Waals surface area (Å²) in [4.78, 5) is 12.1. The second-order valence-corrected chi connectivity index (χ2v) is 5.98. The number of nitrogens with one attached hydrogen (secondary N) is 2. The highest BCUT2D eigenvalue weighted by molar-refractivity contribution is 5.83. The van der Waals surface area contributed by atoms with Crippen LogP contribution < -0.4 is 10.6 Å². The van der Waals surface area contributed by atoms with Gasteiger partial charge in [0.05, 0.1) is 12.1 Å². The lowest BCUT2D eigenvalue weighted by Crippen LogP contribution is -2.42. The molecule has 1 aromatic carbocycles. The molecule has 4 nitrogen and oxygen atoms in total. The Balaban J connectivity index is 1.41. The van der Waals surface area contributed by atoms with Crippen molar-refractivity contribution in [3.63, 3.8) is 0 Å². The van der Waals surface area contributed by atoms with E-state index in [1.54, 1.807) is 0 Å². The highest BCUT2D eigenvalue weighted by atomic mass is 16.3. The first-order valence-electron chi connectivity index (χ1n) is 7.03. The van der Waals surface area contributed by atoms with Gasteiger partial charge in [-0.15, -0.1) is 0 Å². The molecular formula is C15H18N2O2. The molecule has 5 unspecified atom stereocenters. The third-order valence-corrected chi connectivity index (χ3v) is 4.77. The predicted molar refractivity (Wildman–Crippen MR) is 70.7 cm³/mol. The van der Waals surface area contributed by atoms with Crippen LogP contribution in [0.5, 0.6) is 0 Å². The lowest BCUT2D eigenvalue weighted by Gasteiger charge is -2.13. The van der Waals surface area contributed by atoms with E-state index in [4.69, 9.17) is 0 Å². The van der Waals surface area contributed by atoms with E-state index >= 15 is 0 Å². The van der Waals surface area contributed by atoms with E-state index in [9.17, 15) is 9.90 Å². The van der Waals surface area contributed by atoms with Crippen LogP contribution >= 0.6 is 0 Å². The van der Waals surface area contributed by atoms with Crippen molar-refractivity contribution >= 4 is 5.91 Å². The summed E-state index contributed by atoms with van der Waals surface area (Å²) in [6.07, 6.45) is 1.24. The summed E-state index contributed by atoms with van der Waals surface area (Å²) in [6.45, 7) is 0.526. The van der Waals surface area contributed by atoms with E-state index < -0.39 is 0 Å². The normalized spacial score (nSPS) is 38.7. The fraction of sp³-hybridized carbons (Fsp3) is 0.533. The molecule has 0 spiro atoms. The lowest BCUT2D eigenvalue weighted by atomic mass is 10.0. The minimum atomic E-state index is -0.379. The van der Waals surface area contributed by atoms with Gasteiger partial charge < -0.3 is 15.7 Å². The zero-order valence-corrected chi connectivity index (χ0v) is 10.7. The molecule has 19 heavy (non-hydrogen) atoms. The third-order valence-electron chi connectivity index (χ3n) is 4.77. The second kappa shape index (κ2) is 4.05. The number of carbonyl (C=O) groups excluding carboxylic acids is 1. The first-order chi connectivity index (χ1) is 9.24. The standard InChI is InChI=1S/C15H18N2O2/c18-9-6-12(16-7-9)15(19)17-14-11-5-8-3-1-2-4-10(8)13(11)14/h1-4,9,11-14,16,18H,5-7H2,(H,17,19). The lowest BCUT2D eigenvalue weighted by molar-refractivity contribution is -0.123. The van der Waals surface area contributed by atoms with E-state index in [1.807, 2.05) is 0 Å². The Morgan fingerprint density at radius 3 is 3.00 bits per heavy atom. The van der Waals surface area contributed by atoms with E-state index in [1.165, 1.54) is 11.1 Å². The molecule has 0 aromatic heterocycles. The van der Waals surface area contributed by atoms with Gasteiger partial charge in [-0.25, -0.2) is 0 Å². The number of hydrogen-bond donors (Lipinski definition) is 3. The molecule has 1 amide bonds. The Labute approximate surface area is 112 Å². The Hall–Kier alpha value is -1.39. The van der Waals surface area contributed by atoms with Crippen molar-refractivity contribution in [3.05, 3.63) is 35.4 Å². The molecule has 100 valence electrons. The molecule has 1 aliphatic heterocycles. The van der Waals surface area contributed by atoms with E-state index in [-0.39, 0.29) is 18.1 Å². The number of β-amino-alcohol motifs (C(OH)–C–C–N with tert-alkyl or cyclic N) is 1. The van der Waals surface area contributed by atoms with Gasteiger partial charge in [0.25, 0.3) is 0 Å². The van der Waals surface area contributed by atoms with Crippen molar-refractivity contribution in [2.75, 3.05) is 6.54 Å². The van der Waals surface area contributed by atoms with Crippen molar-refractivity contribution in [1.82, 2.24) is 10.6 Å². The second-order valence-electron chi connectivity index (χ2n) is 5.98. The minimum Gasteiger partial charge on any atom is -0.392 e. The smallest absolute Gasteiger partial charge is 0.237 e. The Kier molecular flexibility index (Phi) is 2.44. The van der Waals surface area contributed by atoms with Crippen molar-refractivity contribution < 1.29 is 9.90 Å². The molecular weight excluding hydrogens is 240 g/mol. The molecule has 1 heterocycles. The van der Waals surface area contributed by atoms with Crippen molar-refractivity contribution in [1.29, 1.82) is 0 Å². The minimum absolute atomic E-state index is 0.0495. The maximum absolute atomic E-state index is 12.1. The quantitative estimate of drug-likeness (QED) is 0.708. The van der Waals surface area contributed by atoms with Crippen LogP contribution in [0.3, 0.4) is 0 Å². The fourth-order valence-electron chi connectivity index (χ4n) is 3.73. The van der Waals surface area contributed by atoms with E-state index in [2.05, 4.69) is 34.9 Å². The van der Waals surface area contributed by atoms with Gasteiger partial charge >= 0.3 is 0 Å². The zero-order valence-electron chi connectivity index (χ0n) is 10.7. The van der Waals surface area contributed by atoms with Crippen LogP contribution in [-0.2, 0) is 11.2 Å². The summed E-state index contributed by atoms with van der Waals surface area (Å²) < 4.78 is 0. The first kappa shape index (κ1) is 11.4. The monoisotopic (exact) mass is 258 g/mol. The SMILES string of the molecule is O=C(NC1C2Cc3ccccc3C21)C1CC(O)CN1. The maximum atomic E-state index is 12.1. The van der Waals surface area contributed by atoms with Crippen LogP contribution in [0.1, 0.15) is 23.5 Å². The van der Waals surface area contributed by atoms with E-state index in [0.717, 1.165) is 6.42 Å². The number of rotatable bonds is 2. The number of benzene rings is 1. The van der Waals surface area contributed by atoms with Gasteiger partial charge in [0, 0.05) is 18.5 Å². The van der Waals surface area contributed by atoms with E-state index in [0.29, 0.717) is 30.8 Å². The molecule has 1 aromatic rings. The van der Waals surface area contributed by atoms with Crippen LogP contribution in [0, 0.1) is 5.92 Å². The maximum Gasteiger partial charge on any atom is 0.237 e. The molecule has 0 bridgehead atoms. The predicted octanol–water partition coefficient (Wildman–Crippen LogP) is 0.164. The summed E-state index contributed by atoms with van der Waals surface area (Å²) in [5.41, 5.74) is 2.86. The number of carbonyl (C=O) groups is 1. The molecule has 2 fully saturated rings. The van der Waals surface area contributed by atoms with Crippen LogP contribution in [0.2, 0.25) is 0 Å². The van der Waals surface area contributed by atoms with Crippen molar-refractivity contribution in [2.24, 2.45) is 5.92 Å². The molecule has 5 atom stereocenters. The molecule has 3 N–H and O–H groups in total. The molecule has 4 rings (SSSR count). The number of hydrogen-bond acceptors (Lipinski definition) is 3. The molecule has 1 saturated heterocycles. The molecule has 4 heteroatoms. The topological polar surface area (TPSA) is 61.4 Å². The Morgan fingerprint density at radius 2 is 2.21 bits per heavy atom. The van der Waals surface area contributed by atoms with Crippen molar-refractivity contribution in [2.45, 2.75) is 36.9 Å². The zero-order chi connectivity index (χ0) is 13.0. The van der Waals surface area contributed by atoms with Crippen LogP contribution in [0.15, 0.2) is 24.3 Å². The van der Waals surface area contributed by atoms with Gasteiger partial charge in [0.1, 0.15) is 0 Å². The number of amides is 1. The highest BCUT2D eigenvalue weighted by Crippen LogP contribution is 2.56. The van der Waals surface area contributed by atoms with Gasteiger partial charge in [-0.05, 0) is 29.9 Å². The first-order valence-corrected chi connectivity index (χ1v) is 7.03. The Morgan fingerprint density at radius 1 is 1.37 bits per heavy atom. The molecule has 1 saturated carbocycles. The third kappa shape index (κ3) is 1.78. The summed E-state index contributed by atoms with van der Waals surface area (Å²) in [6, 6.07) is 8.63. The average Bonchev–Trinajstić information content (AvgIpc) is 2.79. The van der Waals surface area contributed by atoms with Gasteiger partial charge in [0.2, 0.25) is 5.91 Å². The van der Waals surface area contributed by atoms with Gasteiger partial charge in [-0.1, -0.05) is 24.3 Å². The summed E-state index contributed by atoms with van der Waals surface area (Å²) in [5, 5.41) is 15.7. The number of fused-ring (bicyclic) bond motifs is 3. The summed E-state index contributed by atoms with van der Waals surface area (Å²) >= 11 is 0. The van der Waals surface area contributed by atoms with Crippen LogP contribution in [-0.4, -0.2) is 35.7 Å². The van der Waals surface area contributed by atoms with Gasteiger partial charge in [-0.3, -0.25) is 4.79 Å². The fourth-order valence-corrected chi connectivity index (χ4v) is 3.73. The Bertz CT molecular complexity index is 531. The molecule has 3 aliphatic rings.